The summed E-state index contributed by atoms with van der Waals surface area (Å²) >= 11 is 0. The van der Waals surface area contributed by atoms with Crippen molar-refractivity contribution < 1.29 is 8.78 Å². The van der Waals surface area contributed by atoms with Gasteiger partial charge in [-0.25, -0.2) is 8.78 Å². The average Bonchev–Trinajstić information content (AvgIpc) is 2.31. The molecule has 2 rings (SSSR count). The Balaban J connectivity index is 1.99. The number of aryl methyl sites for hydroxylation is 1. The molecule has 0 aromatic heterocycles. The van der Waals surface area contributed by atoms with Gasteiger partial charge >= 0.3 is 0 Å². The van der Waals surface area contributed by atoms with Crippen molar-refractivity contribution in [2.24, 2.45) is 0 Å². The summed E-state index contributed by atoms with van der Waals surface area (Å²) in [5.41, 5.74) is 2.58. The maximum absolute atomic E-state index is 13.1. The van der Waals surface area contributed by atoms with Crippen molar-refractivity contribution in [1.82, 2.24) is 0 Å². The Labute approximate surface area is 102 Å². The van der Waals surface area contributed by atoms with Gasteiger partial charge in [0.15, 0.2) is 0 Å². The summed E-state index contributed by atoms with van der Waals surface area (Å²) in [6.45, 7) is 2.16. The van der Waals surface area contributed by atoms with E-state index in [4.69, 9.17) is 0 Å². The second-order valence-electron chi connectivity index (χ2n) is 5.12. The van der Waals surface area contributed by atoms with Crippen molar-refractivity contribution >= 4 is 0 Å². The van der Waals surface area contributed by atoms with Crippen molar-refractivity contribution in [3.63, 3.8) is 0 Å². The van der Waals surface area contributed by atoms with E-state index in [2.05, 4.69) is 31.2 Å². The van der Waals surface area contributed by atoms with Crippen LogP contribution in [0.3, 0.4) is 0 Å². The van der Waals surface area contributed by atoms with E-state index in [0.29, 0.717) is 18.8 Å². The summed E-state index contributed by atoms with van der Waals surface area (Å²) < 4.78 is 26.1. The summed E-state index contributed by atoms with van der Waals surface area (Å²) in [5.74, 6) is -2.08. The average molecular weight is 238 g/mol. The third kappa shape index (κ3) is 3.27. The van der Waals surface area contributed by atoms with Gasteiger partial charge in [0.1, 0.15) is 0 Å². The molecule has 0 radical (unpaired) electrons. The molecule has 0 spiro atoms. The maximum Gasteiger partial charge on any atom is 0.248 e. The fourth-order valence-corrected chi connectivity index (χ4v) is 2.62. The lowest BCUT2D eigenvalue weighted by Crippen LogP contribution is -2.23. The lowest BCUT2D eigenvalue weighted by Gasteiger charge is -2.28. The number of benzene rings is 1. The highest BCUT2D eigenvalue weighted by molar-refractivity contribution is 5.26. The van der Waals surface area contributed by atoms with Gasteiger partial charge in [0.2, 0.25) is 5.92 Å². The van der Waals surface area contributed by atoms with Gasteiger partial charge in [-0.15, -0.1) is 0 Å². The number of hydrogen-bond donors (Lipinski definition) is 0. The third-order valence-corrected chi connectivity index (χ3v) is 3.71. The molecule has 0 nitrogen and oxygen atoms in total. The highest BCUT2D eigenvalue weighted by Gasteiger charge is 2.35. The second kappa shape index (κ2) is 5.16. The molecular formula is C15H20F2. The van der Waals surface area contributed by atoms with Crippen molar-refractivity contribution in [3.8, 4) is 0 Å². The molecule has 0 unspecified atom stereocenters. The SMILES string of the molecule is CCCc1ccc(C2CCC(F)(F)CC2)cc1. The van der Waals surface area contributed by atoms with Gasteiger partial charge in [0.05, 0.1) is 0 Å². The van der Waals surface area contributed by atoms with E-state index in [1.54, 1.807) is 0 Å². The fourth-order valence-electron chi connectivity index (χ4n) is 2.62. The Kier molecular flexibility index (Phi) is 3.80. The van der Waals surface area contributed by atoms with E-state index in [9.17, 15) is 8.78 Å². The number of alkyl halides is 2. The van der Waals surface area contributed by atoms with Crippen molar-refractivity contribution in [2.75, 3.05) is 0 Å². The lowest BCUT2D eigenvalue weighted by atomic mass is 9.82. The molecule has 0 N–H and O–H groups in total. The molecule has 0 saturated heterocycles. The van der Waals surface area contributed by atoms with Gasteiger partial charge in [-0.3, -0.25) is 0 Å². The number of halogens is 2. The monoisotopic (exact) mass is 238 g/mol. The molecule has 1 aliphatic rings. The molecule has 94 valence electrons. The molecule has 0 bridgehead atoms. The van der Waals surface area contributed by atoms with Crippen LogP contribution in [0.2, 0.25) is 0 Å². The topological polar surface area (TPSA) is 0 Å². The molecule has 17 heavy (non-hydrogen) atoms. The normalized spacial score (nSPS) is 20.4. The first-order valence-corrected chi connectivity index (χ1v) is 6.57. The van der Waals surface area contributed by atoms with Gasteiger partial charge in [-0.1, -0.05) is 37.6 Å². The Morgan fingerprint density at radius 1 is 1.12 bits per heavy atom. The van der Waals surface area contributed by atoms with Gasteiger partial charge in [-0.05, 0) is 36.3 Å². The van der Waals surface area contributed by atoms with Gasteiger partial charge in [0.25, 0.3) is 0 Å². The molecule has 0 heterocycles. The molecule has 2 heteroatoms. The second-order valence-corrected chi connectivity index (χ2v) is 5.12. The van der Waals surface area contributed by atoms with Crippen LogP contribution in [-0.4, -0.2) is 5.92 Å². The molecule has 0 amide bonds. The predicted octanol–water partition coefficient (Wildman–Crippen LogP) is 4.93. The molecular weight excluding hydrogens is 218 g/mol. The standard InChI is InChI=1S/C15H20F2/c1-2-3-12-4-6-13(7-5-12)14-8-10-15(16,17)11-9-14/h4-7,14H,2-3,8-11H2,1H3. The van der Waals surface area contributed by atoms with E-state index < -0.39 is 5.92 Å². The zero-order chi connectivity index (χ0) is 12.3. The quantitative estimate of drug-likeness (QED) is 0.700. The lowest BCUT2D eigenvalue weighted by molar-refractivity contribution is -0.0382. The van der Waals surface area contributed by atoms with Crippen LogP contribution in [-0.2, 0) is 6.42 Å². The van der Waals surface area contributed by atoms with Crippen molar-refractivity contribution in [3.05, 3.63) is 35.4 Å². The zero-order valence-corrected chi connectivity index (χ0v) is 10.4. The Morgan fingerprint density at radius 2 is 1.71 bits per heavy atom. The Hall–Kier alpha value is -0.920. The summed E-state index contributed by atoms with van der Waals surface area (Å²) in [4.78, 5) is 0. The highest BCUT2D eigenvalue weighted by atomic mass is 19.3. The Morgan fingerprint density at radius 3 is 2.24 bits per heavy atom. The summed E-state index contributed by atoms with van der Waals surface area (Å²) in [6, 6.07) is 8.54. The predicted molar refractivity (Wildman–Crippen MR) is 66.6 cm³/mol. The Bertz CT molecular complexity index is 344. The number of rotatable bonds is 3. The molecule has 0 atom stereocenters. The minimum atomic E-state index is -2.42. The van der Waals surface area contributed by atoms with E-state index >= 15 is 0 Å². The fraction of sp³-hybridized carbons (Fsp3) is 0.600. The molecule has 1 fully saturated rings. The van der Waals surface area contributed by atoms with Crippen molar-refractivity contribution in [2.45, 2.75) is 57.3 Å². The minimum Gasteiger partial charge on any atom is -0.207 e. The molecule has 1 aromatic carbocycles. The first kappa shape index (κ1) is 12.5. The summed E-state index contributed by atoms with van der Waals surface area (Å²) in [6.07, 6.45) is 3.60. The molecule has 1 aliphatic carbocycles. The highest BCUT2D eigenvalue weighted by Crippen LogP contribution is 2.40. The maximum atomic E-state index is 13.1. The van der Waals surface area contributed by atoms with Crippen LogP contribution in [0.1, 0.15) is 56.1 Å². The van der Waals surface area contributed by atoms with Crippen LogP contribution >= 0.6 is 0 Å². The molecule has 1 aromatic rings. The smallest absolute Gasteiger partial charge is 0.207 e. The third-order valence-electron chi connectivity index (χ3n) is 3.71. The zero-order valence-electron chi connectivity index (χ0n) is 10.4. The van der Waals surface area contributed by atoms with Crippen LogP contribution in [0.25, 0.3) is 0 Å². The first-order valence-electron chi connectivity index (χ1n) is 6.57. The first-order chi connectivity index (χ1) is 8.11. The van der Waals surface area contributed by atoms with Gasteiger partial charge in [0, 0.05) is 12.8 Å². The van der Waals surface area contributed by atoms with Crippen LogP contribution in [0.5, 0.6) is 0 Å². The molecule has 0 aliphatic heterocycles. The van der Waals surface area contributed by atoms with Gasteiger partial charge < -0.3 is 0 Å². The van der Waals surface area contributed by atoms with E-state index in [0.717, 1.165) is 12.8 Å². The van der Waals surface area contributed by atoms with E-state index in [-0.39, 0.29) is 12.8 Å². The molecule has 1 saturated carbocycles. The van der Waals surface area contributed by atoms with Gasteiger partial charge in [-0.2, -0.15) is 0 Å². The largest absolute Gasteiger partial charge is 0.248 e. The number of hydrogen-bond acceptors (Lipinski definition) is 0. The van der Waals surface area contributed by atoms with Crippen LogP contribution in [0.15, 0.2) is 24.3 Å². The van der Waals surface area contributed by atoms with E-state index in [1.807, 2.05) is 0 Å². The summed E-state index contributed by atoms with van der Waals surface area (Å²) in [5, 5.41) is 0. The van der Waals surface area contributed by atoms with Crippen LogP contribution in [0, 0.1) is 0 Å². The van der Waals surface area contributed by atoms with Crippen LogP contribution in [0.4, 0.5) is 8.78 Å². The van der Waals surface area contributed by atoms with Crippen LogP contribution < -0.4 is 0 Å². The minimum absolute atomic E-state index is 0.0500. The van der Waals surface area contributed by atoms with E-state index in [1.165, 1.54) is 11.1 Å². The van der Waals surface area contributed by atoms with Crippen molar-refractivity contribution in [1.29, 1.82) is 0 Å². The summed E-state index contributed by atoms with van der Waals surface area (Å²) in [7, 11) is 0.